The Bertz CT molecular complexity index is 796. The van der Waals surface area contributed by atoms with E-state index in [2.05, 4.69) is 27.5 Å². The van der Waals surface area contributed by atoms with Crippen LogP contribution in [0.5, 0.6) is 11.6 Å². The highest BCUT2D eigenvalue weighted by molar-refractivity contribution is 5.79. The molecular formula is C23H34N4O3. The summed E-state index contributed by atoms with van der Waals surface area (Å²) < 4.78 is 11.4. The van der Waals surface area contributed by atoms with Crippen LogP contribution in [0, 0.1) is 0 Å². The van der Waals surface area contributed by atoms with E-state index in [1.807, 2.05) is 57.2 Å². The highest BCUT2D eigenvalue weighted by Crippen LogP contribution is 2.20. The molecule has 7 nitrogen and oxygen atoms in total. The molecule has 2 aromatic rings. The second-order valence-corrected chi connectivity index (χ2v) is 7.15. The quantitative estimate of drug-likeness (QED) is 0.386. The van der Waals surface area contributed by atoms with Crippen molar-refractivity contribution in [2.45, 2.75) is 52.9 Å². The minimum Gasteiger partial charge on any atom is -0.491 e. The molecule has 1 aromatic heterocycles. The van der Waals surface area contributed by atoms with Gasteiger partial charge in [0.25, 0.3) is 0 Å². The van der Waals surface area contributed by atoms with Crippen LogP contribution in [-0.4, -0.2) is 41.9 Å². The van der Waals surface area contributed by atoms with Crippen molar-refractivity contribution in [1.82, 2.24) is 15.6 Å². The number of aromatic nitrogens is 1. The zero-order valence-corrected chi connectivity index (χ0v) is 18.4. The van der Waals surface area contributed by atoms with Crippen molar-refractivity contribution in [2.24, 2.45) is 4.99 Å². The smallest absolute Gasteiger partial charge is 0.218 e. The molecule has 0 aliphatic carbocycles. The molecule has 0 saturated carbocycles. The third-order valence-corrected chi connectivity index (χ3v) is 4.12. The van der Waals surface area contributed by atoms with Gasteiger partial charge < -0.3 is 25.2 Å². The van der Waals surface area contributed by atoms with Crippen LogP contribution < -0.4 is 20.1 Å². The Morgan fingerprint density at radius 1 is 1.17 bits per heavy atom. The Morgan fingerprint density at radius 2 is 2.00 bits per heavy atom. The fraction of sp³-hybridized carbons (Fsp3) is 0.478. The van der Waals surface area contributed by atoms with Crippen LogP contribution in [0.3, 0.4) is 0 Å². The number of benzene rings is 1. The Kier molecular flexibility index (Phi) is 9.94. The maximum absolute atomic E-state index is 10.6. The molecule has 2 rings (SSSR count). The van der Waals surface area contributed by atoms with Gasteiger partial charge in [-0.2, -0.15) is 0 Å². The van der Waals surface area contributed by atoms with E-state index in [1.165, 1.54) is 0 Å². The van der Waals surface area contributed by atoms with E-state index < -0.39 is 6.10 Å². The van der Waals surface area contributed by atoms with Crippen LogP contribution in [0.2, 0.25) is 0 Å². The first-order chi connectivity index (χ1) is 14.5. The summed E-state index contributed by atoms with van der Waals surface area (Å²) in [7, 11) is 0. The van der Waals surface area contributed by atoms with Gasteiger partial charge in [0.05, 0.1) is 25.4 Å². The molecule has 0 aliphatic heterocycles. The van der Waals surface area contributed by atoms with Gasteiger partial charge in [-0.25, -0.2) is 9.98 Å². The Balaban J connectivity index is 2.00. The average molecular weight is 415 g/mol. The summed E-state index contributed by atoms with van der Waals surface area (Å²) in [5, 5.41) is 17.0. The molecule has 1 atom stereocenters. The van der Waals surface area contributed by atoms with Crippen molar-refractivity contribution in [3.63, 3.8) is 0 Å². The minimum absolute atomic E-state index is 0.0849. The summed E-state index contributed by atoms with van der Waals surface area (Å²) in [5.41, 5.74) is 1.71. The standard InChI is InChI=1S/C23H34N4O3/c1-5-13-29-22-19(10-8-12-25-22)15-26-23(24-6-2)27-16-21(28)18-9-7-11-20(14-18)30-17(3)4/h7-12,14,17,21,28H,5-6,13,15-16H2,1-4H3,(H2,24,26,27). The molecule has 3 N–H and O–H groups in total. The maximum Gasteiger partial charge on any atom is 0.218 e. The van der Waals surface area contributed by atoms with Crippen LogP contribution in [0.15, 0.2) is 47.6 Å². The normalized spacial score (nSPS) is 12.5. The fourth-order valence-electron chi connectivity index (χ4n) is 2.76. The first kappa shape index (κ1) is 23.5. The topological polar surface area (TPSA) is 88.0 Å². The van der Waals surface area contributed by atoms with Gasteiger partial charge >= 0.3 is 0 Å². The molecule has 0 amide bonds. The molecule has 7 heteroatoms. The molecule has 1 heterocycles. The van der Waals surface area contributed by atoms with E-state index in [0.717, 1.165) is 23.3 Å². The van der Waals surface area contributed by atoms with Crippen molar-refractivity contribution < 1.29 is 14.6 Å². The summed E-state index contributed by atoms with van der Waals surface area (Å²) in [4.78, 5) is 8.91. The first-order valence-electron chi connectivity index (χ1n) is 10.6. The van der Waals surface area contributed by atoms with Gasteiger partial charge in [-0.1, -0.05) is 25.1 Å². The monoisotopic (exact) mass is 414 g/mol. The molecule has 30 heavy (non-hydrogen) atoms. The second-order valence-electron chi connectivity index (χ2n) is 7.15. The van der Waals surface area contributed by atoms with Crippen molar-refractivity contribution in [1.29, 1.82) is 0 Å². The number of aliphatic imine (C=N–C) groups is 1. The highest BCUT2D eigenvalue weighted by Gasteiger charge is 2.11. The zero-order valence-electron chi connectivity index (χ0n) is 18.4. The number of aliphatic hydroxyl groups excluding tert-OH is 1. The number of nitrogens with zero attached hydrogens (tertiary/aromatic N) is 2. The molecule has 1 unspecified atom stereocenters. The predicted octanol–water partition coefficient (Wildman–Crippen LogP) is 3.45. The number of rotatable bonds is 11. The third kappa shape index (κ3) is 7.91. The van der Waals surface area contributed by atoms with Crippen LogP contribution in [0.25, 0.3) is 0 Å². The Morgan fingerprint density at radius 3 is 2.73 bits per heavy atom. The molecule has 0 aliphatic rings. The molecule has 0 bridgehead atoms. The van der Waals surface area contributed by atoms with E-state index in [1.54, 1.807) is 6.20 Å². The van der Waals surface area contributed by atoms with E-state index in [-0.39, 0.29) is 6.10 Å². The van der Waals surface area contributed by atoms with E-state index in [4.69, 9.17) is 9.47 Å². The number of guanidine groups is 1. The van der Waals surface area contributed by atoms with Crippen molar-refractivity contribution in [3.05, 3.63) is 53.7 Å². The van der Waals surface area contributed by atoms with Gasteiger partial charge in [0.15, 0.2) is 5.96 Å². The van der Waals surface area contributed by atoms with E-state index in [9.17, 15) is 5.11 Å². The average Bonchev–Trinajstić information content (AvgIpc) is 2.74. The number of pyridine rings is 1. The van der Waals surface area contributed by atoms with Gasteiger partial charge in [-0.05, 0) is 51.0 Å². The minimum atomic E-state index is -0.689. The Labute approximate surface area is 179 Å². The zero-order chi connectivity index (χ0) is 21.8. The van der Waals surface area contributed by atoms with Crippen LogP contribution in [0.4, 0.5) is 0 Å². The summed E-state index contributed by atoms with van der Waals surface area (Å²) in [6, 6.07) is 11.4. The second kappa shape index (κ2) is 12.7. The summed E-state index contributed by atoms with van der Waals surface area (Å²) in [6.45, 7) is 10.1. The Hall–Kier alpha value is -2.80. The van der Waals surface area contributed by atoms with Gasteiger partial charge in [0.1, 0.15) is 5.75 Å². The van der Waals surface area contributed by atoms with Gasteiger partial charge in [0.2, 0.25) is 5.88 Å². The molecule has 0 saturated heterocycles. The SMILES string of the molecule is CCCOc1ncccc1CN=C(NCC)NCC(O)c1cccc(OC(C)C)c1. The summed E-state index contributed by atoms with van der Waals surface area (Å²) >= 11 is 0. The van der Waals surface area contributed by atoms with Gasteiger partial charge in [-0.3, -0.25) is 0 Å². The van der Waals surface area contributed by atoms with Crippen LogP contribution in [-0.2, 0) is 6.54 Å². The third-order valence-electron chi connectivity index (χ3n) is 4.12. The largest absolute Gasteiger partial charge is 0.491 e. The maximum atomic E-state index is 10.6. The first-order valence-corrected chi connectivity index (χ1v) is 10.6. The molecule has 164 valence electrons. The van der Waals surface area contributed by atoms with Crippen molar-refractivity contribution in [2.75, 3.05) is 19.7 Å². The predicted molar refractivity (Wildman–Crippen MR) is 120 cm³/mol. The number of aliphatic hydroxyl groups is 1. The highest BCUT2D eigenvalue weighted by atomic mass is 16.5. The lowest BCUT2D eigenvalue weighted by Gasteiger charge is -2.17. The molecule has 1 aromatic carbocycles. The van der Waals surface area contributed by atoms with Gasteiger partial charge in [0, 0.05) is 24.8 Å². The van der Waals surface area contributed by atoms with Gasteiger partial charge in [-0.15, -0.1) is 0 Å². The van der Waals surface area contributed by atoms with Crippen LogP contribution >= 0.6 is 0 Å². The lowest BCUT2D eigenvalue weighted by atomic mass is 10.1. The van der Waals surface area contributed by atoms with E-state index in [0.29, 0.717) is 38.1 Å². The molecule has 0 fully saturated rings. The van der Waals surface area contributed by atoms with Crippen LogP contribution in [0.1, 0.15) is 51.3 Å². The summed E-state index contributed by atoms with van der Waals surface area (Å²) in [5.74, 6) is 1.98. The molecular weight excluding hydrogens is 380 g/mol. The van der Waals surface area contributed by atoms with Crippen molar-refractivity contribution >= 4 is 5.96 Å². The van der Waals surface area contributed by atoms with Crippen molar-refractivity contribution in [3.8, 4) is 11.6 Å². The number of hydrogen-bond acceptors (Lipinski definition) is 5. The lowest BCUT2D eigenvalue weighted by molar-refractivity contribution is 0.179. The molecule has 0 spiro atoms. The summed E-state index contributed by atoms with van der Waals surface area (Å²) in [6.07, 6.45) is 2.04. The number of hydrogen-bond donors (Lipinski definition) is 3. The number of nitrogens with one attached hydrogen (secondary N) is 2. The molecule has 0 radical (unpaired) electrons. The lowest BCUT2D eigenvalue weighted by Crippen LogP contribution is -2.39. The fourth-order valence-corrected chi connectivity index (χ4v) is 2.76. The number of ether oxygens (including phenoxy) is 2. The van der Waals surface area contributed by atoms with E-state index >= 15 is 0 Å².